The average Bonchev–Trinajstić information content (AvgIpc) is 2.85. The van der Waals surface area contributed by atoms with E-state index >= 15 is 0 Å². The maximum absolute atomic E-state index is 11.3. The predicted molar refractivity (Wildman–Crippen MR) is 69.8 cm³/mol. The van der Waals surface area contributed by atoms with E-state index in [0.29, 0.717) is 4.88 Å². The van der Waals surface area contributed by atoms with Gasteiger partial charge in [-0.1, -0.05) is 6.07 Å². The van der Waals surface area contributed by atoms with E-state index < -0.39 is 0 Å². The predicted octanol–water partition coefficient (Wildman–Crippen LogP) is 2.04. The third kappa shape index (κ3) is 3.29. The number of pyridine rings is 1. The Morgan fingerprint density at radius 1 is 1.41 bits per heavy atom. The quantitative estimate of drug-likeness (QED) is 0.384. The fourth-order valence-corrected chi connectivity index (χ4v) is 3.04. The molecule has 3 N–H and O–H groups in total. The van der Waals surface area contributed by atoms with Crippen LogP contribution in [0.1, 0.15) is 14.5 Å². The van der Waals surface area contributed by atoms with Gasteiger partial charge in [-0.2, -0.15) is 0 Å². The van der Waals surface area contributed by atoms with Crippen molar-refractivity contribution in [3.05, 3.63) is 46.3 Å². The van der Waals surface area contributed by atoms with Gasteiger partial charge in [0, 0.05) is 16.8 Å². The summed E-state index contributed by atoms with van der Waals surface area (Å²) in [6.07, 6.45) is 1.77. The Hall–Kier alpha value is -1.37. The summed E-state index contributed by atoms with van der Waals surface area (Å²) in [6.45, 7) is 0. The number of carbonyl (C=O) groups excluding carboxylic acids is 1. The molecule has 17 heavy (non-hydrogen) atoms. The number of nitrogens with one attached hydrogen (secondary N) is 1. The summed E-state index contributed by atoms with van der Waals surface area (Å²) in [6, 6.07) is 9.52. The zero-order chi connectivity index (χ0) is 12.1. The van der Waals surface area contributed by atoms with Crippen LogP contribution in [0.2, 0.25) is 0 Å². The Kier molecular flexibility index (Phi) is 4.13. The minimum atomic E-state index is -0.246. The summed E-state index contributed by atoms with van der Waals surface area (Å²) in [5, 5.41) is 0.978. The van der Waals surface area contributed by atoms with E-state index in [4.69, 9.17) is 5.84 Å². The number of hydrogen-bond acceptors (Lipinski definition) is 5. The highest BCUT2D eigenvalue weighted by Crippen LogP contribution is 2.25. The smallest absolute Gasteiger partial charge is 0.275 e. The van der Waals surface area contributed by atoms with Crippen molar-refractivity contribution < 1.29 is 4.79 Å². The lowest BCUT2D eigenvalue weighted by Gasteiger charge is -1.97. The minimum absolute atomic E-state index is 0.246. The Morgan fingerprint density at radius 2 is 2.29 bits per heavy atom. The molecule has 88 valence electrons. The number of nitrogen functional groups attached to an aromatic ring is 1. The van der Waals surface area contributed by atoms with Gasteiger partial charge in [0.2, 0.25) is 0 Å². The molecule has 0 fully saturated rings. The van der Waals surface area contributed by atoms with E-state index in [1.165, 1.54) is 11.3 Å². The second-order valence-corrected chi connectivity index (χ2v) is 5.36. The van der Waals surface area contributed by atoms with E-state index in [1.54, 1.807) is 24.0 Å². The van der Waals surface area contributed by atoms with Crippen LogP contribution in [0.25, 0.3) is 0 Å². The number of rotatable bonds is 4. The average molecular weight is 265 g/mol. The summed E-state index contributed by atoms with van der Waals surface area (Å²) in [5.41, 5.74) is 2.12. The monoisotopic (exact) mass is 265 g/mol. The SMILES string of the molecule is NNC(=O)c1ccc(CSc2ccccn2)s1. The summed E-state index contributed by atoms with van der Waals surface area (Å²) < 4.78 is 0. The number of hydrazine groups is 1. The fourth-order valence-electron chi connectivity index (χ4n) is 1.23. The number of hydrogen-bond donors (Lipinski definition) is 2. The fraction of sp³-hybridized carbons (Fsp3) is 0.0909. The normalized spacial score (nSPS) is 10.2. The van der Waals surface area contributed by atoms with Crippen molar-refractivity contribution in [2.45, 2.75) is 10.8 Å². The molecule has 2 heterocycles. The Labute approximate surface area is 107 Å². The van der Waals surface area contributed by atoms with Crippen LogP contribution in [0.15, 0.2) is 41.6 Å². The van der Waals surface area contributed by atoms with Crippen molar-refractivity contribution in [3.63, 3.8) is 0 Å². The Bertz CT molecular complexity index is 498. The molecular weight excluding hydrogens is 254 g/mol. The third-order valence-electron chi connectivity index (χ3n) is 2.02. The molecule has 2 aromatic heterocycles. The summed E-state index contributed by atoms with van der Waals surface area (Å²) in [5.74, 6) is 5.63. The highest BCUT2D eigenvalue weighted by atomic mass is 32.2. The lowest BCUT2D eigenvalue weighted by atomic mass is 10.4. The lowest BCUT2D eigenvalue weighted by molar-refractivity contribution is 0.0957. The highest BCUT2D eigenvalue weighted by Gasteiger charge is 2.07. The van der Waals surface area contributed by atoms with Gasteiger partial charge in [-0.05, 0) is 24.3 Å². The molecule has 2 aromatic rings. The van der Waals surface area contributed by atoms with Gasteiger partial charge in [0.15, 0.2) is 0 Å². The Morgan fingerprint density at radius 3 is 3.00 bits per heavy atom. The third-order valence-corrected chi connectivity index (χ3v) is 4.28. The van der Waals surface area contributed by atoms with Crippen molar-refractivity contribution in [3.8, 4) is 0 Å². The van der Waals surface area contributed by atoms with E-state index in [2.05, 4.69) is 10.4 Å². The van der Waals surface area contributed by atoms with Crippen molar-refractivity contribution in [2.24, 2.45) is 5.84 Å². The molecule has 0 aromatic carbocycles. The van der Waals surface area contributed by atoms with E-state index in [0.717, 1.165) is 15.7 Å². The lowest BCUT2D eigenvalue weighted by Crippen LogP contribution is -2.29. The van der Waals surface area contributed by atoms with Gasteiger partial charge in [0.25, 0.3) is 5.91 Å². The first kappa shape index (κ1) is 12.1. The van der Waals surface area contributed by atoms with Crippen LogP contribution < -0.4 is 11.3 Å². The second-order valence-electron chi connectivity index (χ2n) is 3.20. The standard InChI is InChI=1S/C11H11N3OS2/c12-14-11(15)9-5-4-8(17-9)7-16-10-3-1-2-6-13-10/h1-6H,7,12H2,(H,14,15). The second kappa shape index (κ2) is 5.81. The van der Waals surface area contributed by atoms with E-state index in [-0.39, 0.29) is 5.91 Å². The molecule has 0 aliphatic rings. The molecule has 0 radical (unpaired) electrons. The first-order chi connectivity index (χ1) is 8.29. The van der Waals surface area contributed by atoms with Crippen molar-refractivity contribution >= 4 is 29.0 Å². The molecule has 6 heteroatoms. The summed E-state index contributed by atoms with van der Waals surface area (Å²) in [7, 11) is 0. The molecule has 0 spiro atoms. The van der Waals surface area contributed by atoms with Crippen LogP contribution in [0.5, 0.6) is 0 Å². The van der Waals surface area contributed by atoms with E-state index in [9.17, 15) is 4.79 Å². The molecule has 2 rings (SSSR count). The van der Waals surface area contributed by atoms with Crippen LogP contribution in [-0.2, 0) is 5.75 Å². The zero-order valence-corrected chi connectivity index (χ0v) is 10.6. The number of carbonyl (C=O) groups is 1. The first-order valence-electron chi connectivity index (χ1n) is 4.93. The molecule has 0 aliphatic heterocycles. The maximum Gasteiger partial charge on any atom is 0.275 e. The first-order valence-corrected chi connectivity index (χ1v) is 6.73. The number of thiophene rings is 1. The number of amides is 1. The number of nitrogens with two attached hydrogens (primary N) is 1. The molecule has 0 aliphatic carbocycles. The van der Waals surface area contributed by atoms with Gasteiger partial charge >= 0.3 is 0 Å². The number of aromatic nitrogens is 1. The molecule has 0 bridgehead atoms. The van der Waals surface area contributed by atoms with Gasteiger partial charge in [-0.25, -0.2) is 10.8 Å². The van der Waals surface area contributed by atoms with Crippen LogP contribution >= 0.6 is 23.1 Å². The maximum atomic E-state index is 11.3. The minimum Gasteiger partial charge on any atom is -0.289 e. The van der Waals surface area contributed by atoms with Crippen molar-refractivity contribution in [1.29, 1.82) is 0 Å². The summed E-state index contributed by atoms with van der Waals surface area (Å²) in [4.78, 5) is 17.2. The Balaban J connectivity index is 1.96. The van der Waals surface area contributed by atoms with E-state index in [1.807, 2.05) is 24.3 Å². The van der Waals surface area contributed by atoms with Gasteiger partial charge in [-0.3, -0.25) is 10.2 Å². The molecule has 0 saturated heterocycles. The molecule has 0 saturated carbocycles. The molecule has 4 nitrogen and oxygen atoms in total. The van der Waals surface area contributed by atoms with Crippen LogP contribution in [0, 0.1) is 0 Å². The molecule has 0 unspecified atom stereocenters. The number of thioether (sulfide) groups is 1. The van der Waals surface area contributed by atoms with Gasteiger partial charge in [-0.15, -0.1) is 23.1 Å². The van der Waals surface area contributed by atoms with Gasteiger partial charge < -0.3 is 0 Å². The van der Waals surface area contributed by atoms with Gasteiger partial charge in [0.05, 0.1) is 9.90 Å². The molecule has 0 atom stereocenters. The molecule has 1 amide bonds. The van der Waals surface area contributed by atoms with Crippen molar-refractivity contribution in [2.75, 3.05) is 0 Å². The highest BCUT2D eigenvalue weighted by molar-refractivity contribution is 7.98. The number of nitrogens with zero attached hydrogens (tertiary/aromatic N) is 1. The largest absolute Gasteiger partial charge is 0.289 e. The topological polar surface area (TPSA) is 68.0 Å². The van der Waals surface area contributed by atoms with Crippen LogP contribution in [0.4, 0.5) is 0 Å². The summed E-state index contributed by atoms with van der Waals surface area (Å²) >= 11 is 3.09. The van der Waals surface area contributed by atoms with Gasteiger partial charge in [0.1, 0.15) is 0 Å². The van der Waals surface area contributed by atoms with Crippen LogP contribution in [0.3, 0.4) is 0 Å². The zero-order valence-electron chi connectivity index (χ0n) is 8.92. The van der Waals surface area contributed by atoms with Crippen molar-refractivity contribution in [1.82, 2.24) is 10.4 Å². The molecular formula is C11H11N3OS2. The van der Waals surface area contributed by atoms with Crippen LogP contribution in [-0.4, -0.2) is 10.9 Å².